The molecule has 21 heavy (non-hydrogen) atoms. The molecule has 4 heteroatoms. The molecule has 0 atom stereocenters. The summed E-state index contributed by atoms with van der Waals surface area (Å²) in [4.78, 5) is 0. The van der Waals surface area contributed by atoms with Crippen molar-refractivity contribution in [1.82, 2.24) is 9.78 Å². The molecule has 1 aromatic heterocycles. The number of hydrogen-bond donors (Lipinski definition) is 0. The first-order valence-corrected chi connectivity index (χ1v) is 7.42. The van der Waals surface area contributed by atoms with E-state index in [1.807, 2.05) is 16.9 Å². The summed E-state index contributed by atoms with van der Waals surface area (Å²) in [7, 11) is 0. The van der Waals surface area contributed by atoms with Gasteiger partial charge in [-0.2, -0.15) is 10.4 Å². The Morgan fingerprint density at radius 3 is 2.86 bits per heavy atom. The molecule has 0 radical (unpaired) electrons. The van der Waals surface area contributed by atoms with Crippen LogP contribution in [-0.4, -0.2) is 9.78 Å². The fourth-order valence-electron chi connectivity index (χ4n) is 2.32. The Hall–Kier alpha value is -2.15. The van der Waals surface area contributed by atoms with Crippen LogP contribution in [0.2, 0.25) is 0 Å². The third kappa shape index (κ3) is 4.16. The van der Waals surface area contributed by atoms with Gasteiger partial charge in [0.25, 0.3) is 0 Å². The zero-order chi connectivity index (χ0) is 15.1. The molecular weight excluding hydrogens is 265 g/mol. The number of aryl methyl sites for hydroxylation is 1. The number of hydrogen-bond acceptors (Lipinski definition) is 2. The molecule has 1 aromatic carbocycles. The number of nitriles is 1. The average Bonchev–Trinajstić information content (AvgIpc) is 2.93. The first-order chi connectivity index (χ1) is 10.2. The lowest BCUT2D eigenvalue weighted by atomic mass is 10.1. The Balaban J connectivity index is 2.05. The molecule has 0 unspecified atom stereocenters. The fraction of sp³-hybridized carbons (Fsp3) is 0.412. The molecule has 0 bridgehead atoms. The van der Waals surface area contributed by atoms with Crippen molar-refractivity contribution >= 4 is 0 Å². The number of aromatic nitrogens is 2. The third-order valence-corrected chi connectivity index (χ3v) is 3.50. The van der Waals surface area contributed by atoms with Crippen LogP contribution in [0.25, 0.3) is 11.1 Å². The van der Waals surface area contributed by atoms with E-state index in [0.717, 1.165) is 18.5 Å². The van der Waals surface area contributed by atoms with Gasteiger partial charge in [-0.05, 0) is 18.1 Å². The average molecular weight is 285 g/mol. The van der Waals surface area contributed by atoms with Crippen molar-refractivity contribution in [2.24, 2.45) is 0 Å². The van der Waals surface area contributed by atoms with Gasteiger partial charge < -0.3 is 0 Å². The Labute approximate surface area is 125 Å². The van der Waals surface area contributed by atoms with Gasteiger partial charge in [0.2, 0.25) is 0 Å². The molecule has 0 fully saturated rings. The van der Waals surface area contributed by atoms with Gasteiger partial charge in [-0.1, -0.05) is 38.3 Å². The monoisotopic (exact) mass is 285 g/mol. The highest BCUT2D eigenvalue weighted by Crippen LogP contribution is 2.23. The van der Waals surface area contributed by atoms with Crippen molar-refractivity contribution in [2.75, 3.05) is 0 Å². The molecule has 0 N–H and O–H groups in total. The highest BCUT2D eigenvalue weighted by atomic mass is 19.1. The number of unbranched alkanes of at least 4 members (excludes halogenated alkanes) is 3. The lowest BCUT2D eigenvalue weighted by molar-refractivity contribution is 0.541. The van der Waals surface area contributed by atoms with Crippen LogP contribution < -0.4 is 0 Å². The van der Waals surface area contributed by atoms with Gasteiger partial charge in [0, 0.05) is 23.9 Å². The van der Waals surface area contributed by atoms with E-state index in [9.17, 15) is 4.39 Å². The highest BCUT2D eigenvalue weighted by Gasteiger charge is 2.08. The van der Waals surface area contributed by atoms with Gasteiger partial charge in [0.05, 0.1) is 18.7 Å². The second kappa shape index (κ2) is 7.58. The Bertz CT molecular complexity index is 625. The van der Waals surface area contributed by atoms with E-state index < -0.39 is 0 Å². The van der Waals surface area contributed by atoms with Crippen LogP contribution in [0, 0.1) is 17.1 Å². The molecule has 0 spiro atoms. The second-order valence-electron chi connectivity index (χ2n) is 5.20. The van der Waals surface area contributed by atoms with Gasteiger partial charge in [0.1, 0.15) is 5.82 Å². The van der Waals surface area contributed by atoms with Crippen LogP contribution in [0.3, 0.4) is 0 Å². The van der Waals surface area contributed by atoms with Crippen molar-refractivity contribution in [3.8, 4) is 17.2 Å². The molecule has 0 saturated carbocycles. The summed E-state index contributed by atoms with van der Waals surface area (Å²) in [6.07, 6.45) is 8.56. The summed E-state index contributed by atoms with van der Waals surface area (Å²) in [5, 5.41) is 12.9. The van der Waals surface area contributed by atoms with E-state index in [-0.39, 0.29) is 12.2 Å². The Kier molecular flexibility index (Phi) is 5.51. The largest absolute Gasteiger partial charge is 0.272 e. The van der Waals surface area contributed by atoms with Crippen LogP contribution in [0.4, 0.5) is 4.39 Å². The van der Waals surface area contributed by atoms with Gasteiger partial charge in [-0.15, -0.1) is 0 Å². The minimum Gasteiger partial charge on any atom is -0.272 e. The van der Waals surface area contributed by atoms with Gasteiger partial charge in [0.15, 0.2) is 0 Å². The maximum absolute atomic E-state index is 14.1. The van der Waals surface area contributed by atoms with Crippen molar-refractivity contribution in [1.29, 1.82) is 5.26 Å². The van der Waals surface area contributed by atoms with Crippen LogP contribution in [0.5, 0.6) is 0 Å². The molecule has 3 nitrogen and oxygen atoms in total. The zero-order valence-corrected chi connectivity index (χ0v) is 12.3. The van der Waals surface area contributed by atoms with Crippen LogP contribution in [0.15, 0.2) is 30.6 Å². The SMILES string of the molecule is CCCCCCn1cc(-c2ccc(CC#N)cc2F)cn1. The van der Waals surface area contributed by atoms with E-state index in [1.165, 1.54) is 25.3 Å². The number of rotatable bonds is 7. The van der Waals surface area contributed by atoms with Gasteiger partial charge in [-0.3, -0.25) is 4.68 Å². The zero-order valence-electron chi connectivity index (χ0n) is 12.3. The fourth-order valence-corrected chi connectivity index (χ4v) is 2.32. The molecular formula is C17H20FN3. The summed E-state index contributed by atoms with van der Waals surface area (Å²) in [5.74, 6) is -0.298. The Morgan fingerprint density at radius 2 is 2.14 bits per heavy atom. The maximum Gasteiger partial charge on any atom is 0.131 e. The van der Waals surface area contributed by atoms with E-state index in [2.05, 4.69) is 12.0 Å². The van der Waals surface area contributed by atoms with Crippen molar-refractivity contribution < 1.29 is 4.39 Å². The van der Waals surface area contributed by atoms with E-state index in [4.69, 9.17) is 5.26 Å². The lowest BCUT2D eigenvalue weighted by Crippen LogP contribution is -1.97. The molecule has 0 aliphatic carbocycles. The van der Waals surface area contributed by atoms with Crippen molar-refractivity contribution in [3.63, 3.8) is 0 Å². The van der Waals surface area contributed by atoms with Crippen molar-refractivity contribution in [2.45, 2.75) is 45.6 Å². The van der Waals surface area contributed by atoms with Crippen molar-refractivity contribution in [3.05, 3.63) is 42.0 Å². The minimum absolute atomic E-state index is 0.230. The number of benzene rings is 1. The molecule has 0 saturated heterocycles. The topological polar surface area (TPSA) is 41.6 Å². The van der Waals surface area contributed by atoms with Gasteiger partial charge >= 0.3 is 0 Å². The molecule has 0 amide bonds. The molecule has 2 aromatic rings. The summed E-state index contributed by atoms with van der Waals surface area (Å²) in [6, 6.07) is 6.97. The predicted octanol–water partition coefficient (Wildman–Crippen LogP) is 4.34. The van der Waals surface area contributed by atoms with Gasteiger partial charge in [-0.25, -0.2) is 4.39 Å². The summed E-state index contributed by atoms with van der Waals surface area (Å²) in [5.41, 5.74) is 2.02. The number of nitrogens with zero attached hydrogens (tertiary/aromatic N) is 3. The quantitative estimate of drug-likeness (QED) is 0.710. The second-order valence-corrected chi connectivity index (χ2v) is 5.20. The van der Waals surface area contributed by atoms with E-state index in [1.54, 1.807) is 18.3 Å². The summed E-state index contributed by atoms with van der Waals surface area (Å²) >= 11 is 0. The first-order valence-electron chi connectivity index (χ1n) is 7.42. The summed E-state index contributed by atoms with van der Waals surface area (Å²) < 4.78 is 15.9. The smallest absolute Gasteiger partial charge is 0.131 e. The van der Waals surface area contributed by atoms with E-state index >= 15 is 0 Å². The molecule has 1 heterocycles. The molecule has 0 aliphatic rings. The van der Waals surface area contributed by atoms with Crippen LogP contribution in [0.1, 0.15) is 38.2 Å². The van der Waals surface area contributed by atoms with Crippen LogP contribution >= 0.6 is 0 Å². The maximum atomic E-state index is 14.1. The Morgan fingerprint density at radius 1 is 1.29 bits per heavy atom. The molecule has 110 valence electrons. The molecule has 0 aliphatic heterocycles. The third-order valence-electron chi connectivity index (χ3n) is 3.50. The summed E-state index contributed by atoms with van der Waals surface area (Å²) in [6.45, 7) is 3.05. The van der Waals surface area contributed by atoms with E-state index in [0.29, 0.717) is 11.1 Å². The predicted molar refractivity (Wildman–Crippen MR) is 81.1 cm³/mol. The minimum atomic E-state index is -0.298. The molecule has 2 rings (SSSR count). The lowest BCUT2D eigenvalue weighted by Gasteiger charge is -2.02. The number of halogens is 1. The standard InChI is InChI=1S/C17H20FN3/c1-2-3-4-5-10-21-13-15(12-20-21)16-7-6-14(8-9-19)11-17(16)18/h6-7,11-13H,2-5,8,10H2,1H3. The van der Waals surface area contributed by atoms with Crippen LogP contribution in [-0.2, 0) is 13.0 Å². The first kappa shape index (κ1) is 15.2. The highest BCUT2D eigenvalue weighted by molar-refractivity contribution is 5.62. The normalized spacial score (nSPS) is 10.5.